The number of fused-ring (bicyclic) bond motifs is 2. The lowest BCUT2D eigenvalue weighted by Gasteiger charge is -2.30. The summed E-state index contributed by atoms with van der Waals surface area (Å²) in [6.07, 6.45) is 8.43. The van der Waals surface area contributed by atoms with Gasteiger partial charge in [0.05, 0.1) is 0 Å². The van der Waals surface area contributed by atoms with Crippen molar-refractivity contribution in [3.8, 4) is 0 Å². The normalized spacial score (nSPS) is 33.3. The lowest BCUT2D eigenvalue weighted by atomic mass is 10.0. The number of hydrogen-bond donors (Lipinski definition) is 1. The van der Waals surface area contributed by atoms with E-state index in [2.05, 4.69) is 10.2 Å². The molecule has 3 nitrogen and oxygen atoms in total. The predicted octanol–water partition coefficient (Wildman–Crippen LogP) is 1.95. The van der Waals surface area contributed by atoms with E-state index in [-0.39, 0.29) is 12.4 Å². The third-order valence-electron chi connectivity index (χ3n) is 4.61. The molecule has 1 aliphatic carbocycles. The molecule has 2 saturated heterocycles. The highest BCUT2D eigenvalue weighted by molar-refractivity contribution is 5.85. The number of rotatable bonds is 1. The lowest BCUT2D eigenvalue weighted by molar-refractivity contribution is -0.138. The molecule has 98 valence electrons. The van der Waals surface area contributed by atoms with Gasteiger partial charge < -0.3 is 10.2 Å². The molecule has 0 spiro atoms. The molecule has 0 aromatic rings. The van der Waals surface area contributed by atoms with Crippen LogP contribution in [0.4, 0.5) is 0 Å². The van der Waals surface area contributed by atoms with E-state index in [1.54, 1.807) is 0 Å². The molecule has 1 amide bonds. The molecule has 4 heteroatoms. The highest BCUT2D eigenvalue weighted by Crippen LogP contribution is 2.33. The van der Waals surface area contributed by atoms with Crippen LogP contribution in [-0.2, 0) is 4.79 Å². The molecule has 2 heterocycles. The first-order valence-corrected chi connectivity index (χ1v) is 6.89. The Hall–Kier alpha value is -0.280. The molecule has 1 saturated carbocycles. The molecule has 2 bridgehead atoms. The standard InChI is InChI=1S/C13H22N2O.ClH/c16-13(10-3-1-2-4-10)15-11-5-6-12(15)9-14-8-7-11;/h10-12,14H,1-9H2;1H. The summed E-state index contributed by atoms with van der Waals surface area (Å²) in [7, 11) is 0. The van der Waals surface area contributed by atoms with Crippen molar-refractivity contribution in [2.45, 2.75) is 57.0 Å². The second-order valence-corrected chi connectivity index (χ2v) is 5.60. The maximum absolute atomic E-state index is 12.5. The second-order valence-electron chi connectivity index (χ2n) is 5.60. The minimum Gasteiger partial charge on any atom is -0.335 e. The number of halogens is 1. The van der Waals surface area contributed by atoms with Crippen molar-refractivity contribution in [1.29, 1.82) is 0 Å². The summed E-state index contributed by atoms with van der Waals surface area (Å²) in [6.45, 7) is 2.12. The molecule has 3 rings (SSSR count). The van der Waals surface area contributed by atoms with Gasteiger partial charge in [0.2, 0.25) is 5.91 Å². The van der Waals surface area contributed by atoms with Crippen LogP contribution in [0.1, 0.15) is 44.9 Å². The zero-order valence-electron chi connectivity index (χ0n) is 10.4. The molecular formula is C13H23ClN2O. The SMILES string of the molecule is Cl.O=C(C1CCCC1)N1C2CCNCC1CC2. The fourth-order valence-electron chi connectivity index (χ4n) is 3.73. The van der Waals surface area contributed by atoms with Crippen LogP contribution >= 0.6 is 12.4 Å². The third kappa shape index (κ3) is 2.45. The second kappa shape index (κ2) is 5.57. The zero-order valence-corrected chi connectivity index (χ0v) is 11.2. The van der Waals surface area contributed by atoms with Crippen LogP contribution in [0.5, 0.6) is 0 Å². The summed E-state index contributed by atoms with van der Waals surface area (Å²) in [5, 5.41) is 3.46. The Labute approximate surface area is 110 Å². The molecule has 2 atom stereocenters. The van der Waals surface area contributed by atoms with Gasteiger partial charge in [-0.3, -0.25) is 4.79 Å². The lowest BCUT2D eigenvalue weighted by Crippen LogP contribution is -2.45. The van der Waals surface area contributed by atoms with E-state index in [1.807, 2.05) is 0 Å². The summed E-state index contributed by atoms with van der Waals surface area (Å²) in [4.78, 5) is 14.8. The minimum absolute atomic E-state index is 0. The number of carbonyl (C=O) groups excluding carboxylic acids is 1. The number of carbonyl (C=O) groups is 1. The van der Waals surface area contributed by atoms with E-state index >= 15 is 0 Å². The first-order valence-electron chi connectivity index (χ1n) is 6.89. The summed E-state index contributed by atoms with van der Waals surface area (Å²) in [6, 6.07) is 1.05. The summed E-state index contributed by atoms with van der Waals surface area (Å²) < 4.78 is 0. The molecule has 0 aromatic carbocycles. The average Bonchev–Trinajstić information content (AvgIpc) is 2.84. The summed E-state index contributed by atoms with van der Waals surface area (Å²) in [5.41, 5.74) is 0. The molecule has 2 aliphatic heterocycles. The van der Waals surface area contributed by atoms with Crippen molar-refractivity contribution in [3.63, 3.8) is 0 Å². The predicted molar refractivity (Wildman–Crippen MR) is 70.3 cm³/mol. The van der Waals surface area contributed by atoms with Gasteiger partial charge in [0.1, 0.15) is 0 Å². The molecule has 0 radical (unpaired) electrons. The van der Waals surface area contributed by atoms with Gasteiger partial charge in [-0.2, -0.15) is 0 Å². The summed E-state index contributed by atoms with van der Waals surface area (Å²) in [5.74, 6) is 0.842. The Kier molecular flexibility index (Phi) is 4.31. The first-order chi connectivity index (χ1) is 7.86. The number of hydrogen-bond acceptors (Lipinski definition) is 2. The Balaban J connectivity index is 0.00000108. The van der Waals surface area contributed by atoms with Crippen LogP contribution in [0, 0.1) is 5.92 Å². The Morgan fingerprint density at radius 3 is 2.47 bits per heavy atom. The van der Waals surface area contributed by atoms with Crippen LogP contribution in [0.2, 0.25) is 0 Å². The highest BCUT2D eigenvalue weighted by atomic mass is 35.5. The van der Waals surface area contributed by atoms with Crippen molar-refractivity contribution in [2.75, 3.05) is 13.1 Å². The monoisotopic (exact) mass is 258 g/mol. The molecule has 3 fully saturated rings. The molecule has 0 aromatic heterocycles. The van der Waals surface area contributed by atoms with Gasteiger partial charge in [0.25, 0.3) is 0 Å². The largest absolute Gasteiger partial charge is 0.335 e. The van der Waals surface area contributed by atoms with Crippen molar-refractivity contribution in [3.05, 3.63) is 0 Å². The number of nitrogens with one attached hydrogen (secondary N) is 1. The van der Waals surface area contributed by atoms with Crippen molar-refractivity contribution < 1.29 is 4.79 Å². The average molecular weight is 259 g/mol. The summed E-state index contributed by atoms with van der Waals surface area (Å²) >= 11 is 0. The van der Waals surface area contributed by atoms with Gasteiger partial charge in [-0.25, -0.2) is 0 Å². The van der Waals surface area contributed by atoms with Crippen LogP contribution in [-0.4, -0.2) is 36.0 Å². The number of nitrogens with zero attached hydrogens (tertiary/aromatic N) is 1. The van der Waals surface area contributed by atoms with Gasteiger partial charge in [-0.05, 0) is 38.6 Å². The molecule has 2 unspecified atom stereocenters. The van der Waals surface area contributed by atoms with E-state index in [0.717, 1.165) is 32.4 Å². The maximum Gasteiger partial charge on any atom is 0.226 e. The molecule has 17 heavy (non-hydrogen) atoms. The Morgan fingerprint density at radius 1 is 1.00 bits per heavy atom. The van der Waals surface area contributed by atoms with E-state index in [4.69, 9.17) is 0 Å². The van der Waals surface area contributed by atoms with E-state index in [9.17, 15) is 4.79 Å². The van der Waals surface area contributed by atoms with Gasteiger partial charge in [-0.1, -0.05) is 12.8 Å². The van der Waals surface area contributed by atoms with E-state index < -0.39 is 0 Å². The fourth-order valence-corrected chi connectivity index (χ4v) is 3.73. The van der Waals surface area contributed by atoms with Crippen LogP contribution in [0.3, 0.4) is 0 Å². The Morgan fingerprint density at radius 2 is 1.71 bits per heavy atom. The van der Waals surface area contributed by atoms with Crippen molar-refractivity contribution in [2.24, 2.45) is 5.92 Å². The van der Waals surface area contributed by atoms with E-state index in [1.165, 1.54) is 25.7 Å². The zero-order chi connectivity index (χ0) is 11.0. The van der Waals surface area contributed by atoms with Crippen molar-refractivity contribution in [1.82, 2.24) is 10.2 Å². The van der Waals surface area contributed by atoms with Crippen molar-refractivity contribution >= 4 is 18.3 Å². The molecule has 3 aliphatic rings. The first kappa shape index (κ1) is 13.2. The van der Waals surface area contributed by atoms with Crippen LogP contribution in [0.25, 0.3) is 0 Å². The van der Waals surface area contributed by atoms with Crippen LogP contribution < -0.4 is 5.32 Å². The topological polar surface area (TPSA) is 32.3 Å². The van der Waals surface area contributed by atoms with Gasteiger partial charge in [0.15, 0.2) is 0 Å². The van der Waals surface area contributed by atoms with Gasteiger partial charge in [0, 0.05) is 24.5 Å². The maximum atomic E-state index is 12.5. The fraction of sp³-hybridized carbons (Fsp3) is 0.923. The quantitative estimate of drug-likeness (QED) is 0.780. The minimum atomic E-state index is 0. The van der Waals surface area contributed by atoms with E-state index in [0.29, 0.717) is 23.9 Å². The molecule has 1 N–H and O–H groups in total. The Bertz CT molecular complexity index is 265. The smallest absolute Gasteiger partial charge is 0.226 e. The number of amides is 1. The van der Waals surface area contributed by atoms with Gasteiger partial charge >= 0.3 is 0 Å². The van der Waals surface area contributed by atoms with Crippen LogP contribution in [0.15, 0.2) is 0 Å². The third-order valence-corrected chi connectivity index (χ3v) is 4.61. The molecular weight excluding hydrogens is 236 g/mol. The highest BCUT2D eigenvalue weighted by Gasteiger charge is 2.40. The van der Waals surface area contributed by atoms with Gasteiger partial charge in [-0.15, -0.1) is 12.4 Å².